The molecule has 1 aromatic carbocycles. The maximum atomic E-state index is 13.8. The molecule has 0 aliphatic heterocycles. The number of hydrogen-bond acceptors (Lipinski definition) is 2. The number of esters is 1. The van der Waals surface area contributed by atoms with Gasteiger partial charge in [-0.3, -0.25) is 4.79 Å². The standard InChI is InChI=1S/C12H12BrFO2/c1-16-12(15)8-3-2-7-4-5-10(13)11(14)9(7)6-8/h4-5,8H,2-3,6H2,1H3. The Kier molecular flexibility index (Phi) is 3.28. The summed E-state index contributed by atoms with van der Waals surface area (Å²) >= 11 is 3.16. The third kappa shape index (κ3) is 1.98. The molecule has 1 aliphatic rings. The maximum Gasteiger partial charge on any atom is 0.309 e. The Morgan fingerprint density at radius 1 is 1.56 bits per heavy atom. The average molecular weight is 287 g/mol. The maximum absolute atomic E-state index is 13.8. The minimum atomic E-state index is -0.245. The number of carbonyl (C=O) groups excluding carboxylic acids is 1. The molecule has 0 bridgehead atoms. The molecule has 1 atom stereocenters. The second-order valence-electron chi connectivity index (χ2n) is 3.96. The molecule has 0 saturated carbocycles. The molecule has 0 fully saturated rings. The number of benzene rings is 1. The van der Waals surface area contributed by atoms with Crippen molar-refractivity contribution in [3.8, 4) is 0 Å². The Balaban J connectivity index is 2.32. The molecule has 1 aromatic rings. The fourth-order valence-corrected chi connectivity index (χ4v) is 2.51. The Morgan fingerprint density at radius 2 is 2.31 bits per heavy atom. The van der Waals surface area contributed by atoms with E-state index in [9.17, 15) is 9.18 Å². The molecule has 86 valence electrons. The van der Waals surface area contributed by atoms with Crippen LogP contribution in [0, 0.1) is 11.7 Å². The molecule has 0 radical (unpaired) electrons. The van der Waals surface area contributed by atoms with Gasteiger partial charge in [-0.25, -0.2) is 4.39 Å². The van der Waals surface area contributed by atoms with E-state index in [4.69, 9.17) is 4.74 Å². The van der Waals surface area contributed by atoms with E-state index in [-0.39, 0.29) is 17.7 Å². The van der Waals surface area contributed by atoms with Gasteiger partial charge in [-0.15, -0.1) is 0 Å². The van der Waals surface area contributed by atoms with Gasteiger partial charge in [-0.1, -0.05) is 6.07 Å². The van der Waals surface area contributed by atoms with Crippen molar-refractivity contribution in [3.05, 3.63) is 33.5 Å². The summed E-state index contributed by atoms with van der Waals surface area (Å²) in [6.07, 6.45) is 1.91. The van der Waals surface area contributed by atoms with Crippen LogP contribution in [0.15, 0.2) is 16.6 Å². The number of ether oxygens (including phenoxy) is 1. The molecule has 0 amide bonds. The zero-order chi connectivity index (χ0) is 11.7. The van der Waals surface area contributed by atoms with Gasteiger partial charge in [0.1, 0.15) is 5.82 Å². The molecule has 1 aliphatic carbocycles. The van der Waals surface area contributed by atoms with Crippen LogP contribution in [0.4, 0.5) is 4.39 Å². The van der Waals surface area contributed by atoms with Crippen LogP contribution >= 0.6 is 15.9 Å². The number of halogens is 2. The lowest BCUT2D eigenvalue weighted by Crippen LogP contribution is -2.24. The van der Waals surface area contributed by atoms with E-state index in [0.717, 1.165) is 18.4 Å². The molecule has 1 unspecified atom stereocenters. The van der Waals surface area contributed by atoms with E-state index in [0.29, 0.717) is 16.5 Å². The lowest BCUT2D eigenvalue weighted by molar-refractivity contribution is -0.145. The molecule has 0 N–H and O–H groups in total. The van der Waals surface area contributed by atoms with Gasteiger partial charge in [-0.2, -0.15) is 0 Å². The Morgan fingerprint density at radius 3 is 3.00 bits per heavy atom. The van der Waals surface area contributed by atoms with Crippen LogP contribution in [0.1, 0.15) is 17.5 Å². The van der Waals surface area contributed by atoms with Crippen molar-refractivity contribution in [3.63, 3.8) is 0 Å². The molecular formula is C12H12BrFO2. The normalized spacial score (nSPS) is 19.1. The first-order valence-corrected chi connectivity index (χ1v) is 5.96. The van der Waals surface area contributed by atoms with E-state index in [1.54, 1.807) is 6.07 Å². The fourth-order valence-electron chi connectivity index (χ4n) is 2.13. The van der Waals surface area contributed by atoms with Crippen molar-refractivity contribution in [1.29, 1.82) is 0 Å². The summed E-state index contributed by atoms with van der Waals surface area (Å²) in [6.45, 7) is 0. The summed E-state index contributed by atoms with van der Waals surface area (Å²) in [5.41, 5.74) is 1.65. The van der Waals surface area contributed by atoms with Crippen LogP contribution in [-0.4, -0.2) is 13.1 Å². The molecule has 0 saturated heterocycles. The molecular weight excluding hydrogens is 275 g/mol. The molecule has 0 aromatic heterocycles. The highest BCUT2D eigenvalue weighted by molar-refractivity contribution is 9.10. The molecule has 0 spiro atoms. The van der Waals surface area contributed by atoms with Crippen molar-refractivity contribution in [2.45, 2.75) is 19.3 Å². The number of aryl methyl sites for hydroxylation is 1. The predicted molar refractivity (Wildman–Crippen MR) is 61.6 cm³/mol. The highest BCUT2D eigenvalue weighted by atomic mass is 79.9. The van der Waals surface area contributed by atoms with Gasteiger partial charge < -0.3 is 4.74 Å². The number of methoxy groups -OCH3 is 1. The second kappa shape index (κ2) is 4.53. The van der Waals surface area contributed by atoms with Gasteiger partial charge in [0, 0.05) is 0 Å². The minimum absolute atomic E-state index is 0.207. The highest BCUT2D eigenvalue weighted by Gasteiger charge is 2.27. The molecule has 2 rings (SSSR count). The number of hydrogen-bond donors (Lipinski definition) is 0. The SMILES string of the molecule is COC(=O)C1CCc2ccc(Br)c(F)c2C1. The largest absolute Gasteiger partial charge is 0.469 e. The van der Waals surface area contributed by atoms with Crippen LogP contribution in [0.5, 0.6) is 0 Å². The van der Waals surface area contributed by atoms with Crippen LogP contribution < -0.4 is 0 Å². The van der Waals surface area contributed by atoms with Crippen LogP contribution in [0.3, 0.4) is 0 Å². The van der Waals surface area contributed by atoms with Crippen LogP contribution in [-0.2, 0) is 22.4 Å². The monoisotopic (exact) mass is 286 g/mol. The summed E-state index contributed by atoms with van der Waals surface area (Å²) in [5, 5.41) is 0. The Hall–Kier alpha value is -0.900. The van der Waals surface area contributed by atoms with Crippen molar-refractivity contribution in [2.24, 2.45) is 5.92 Å². The zero-order valence-electron chi connectivity index (χ0n) is 8.93. The van der Waals surface area contributed by atoms with E-state index >= 15 is 0 Å². The molecule has 16 heavy (non-hydrogen) atoms. The first-order valence-electron chi connectivity index (χ1n) is 5.17. The minimum Gasteiger partial charge on any atom is -0.469 e. The van der Waals surface area contributed by atoms with Crippen LogP contribution in [0.2, 0.25) is 0 Å². The van der Waals surface area contributed by atoms with Gasteiger partial charge >= 0.3 is 5.97 Å². The highest BCUT2D eigenvalue weighted by Crippen LogP contribution is 2.31. The first-order chi connectivity index (χ1) is 7.63. The summed E-state index contributed by atoms with van der Waals surface area (Å²) < 4.78 is 19.0. The Bertz CT molecular complexity index is 431. The first kappa shape index (κ1) is 11.6. The molecule has 2 nitrogen and oxygen atoms in total. The molecule has 0 heterocycles. The van der Waals surface area contributed by atoms with Crippen molar-refractivity contribution >= 4 is 21.9 Å². The Labute approximate surface area is 102 Å². The average Bonchev–Trinajstić information content (AvgIpc) is 2.32. The quantitative estimate of drug-likeness (QED) is 0.742. The van der Waals surface area contributed by atoms with Crippen molar-refractivity contribution < 1.29 is 13.9 Å². The van der Waals surface area contributed by atoms with E-state index < -0.39 is 0 Å². The predicted octanol–water partition coefficient (Wildman–Crippen LogP) is 2.87. The van der Waals surface area contributed by atoms with Crippen molar-refractivity contribution in [1.82, 2.24) is 0 Å². The third-order valence-corrected chi connectivity index (χ3v) is 3.65. The van der Waals surface area contributed by atoms with Crippen molar-refractivity contribution in [2.75, 3.05) is 7.11 Å². The lowest BCUT2D eigenvalue weighted by atomic mass is 9.83. The third-order valence-electron chi connectivity index (χ3n) is 3.04. The van der Waals surface area contributed by atoms with Gasteiger partial charge in [0.05, 0.1) is 17.5 Å². The summed E-state index contributed by atoms with van der Waals surface area (Å²) in [6, 6.07) is 3.63. The summed E-state index contributed by atoms with van der Waals surface area (Å²) in [5.74, 6) is -0.697. The van der Waals surface area contributed by atoms with Gasteiger partial charge in [0.25, 0.3) is 0 Å². The summed E-state index contributed by atoms with van der Waals surface area (Å²) in [4.78, 5) is 11.4. The van der Waals surface area contributed by atoms with E-state index in [1.165, 1.54) is 7.11 Å². The topological polar surface area (TPSA) is 26.3 Å². The van der Waals surface area contributed by atoms with E-state index in [1.807, 2.05) is 6.07 Å². The van der Waals surface area contributed by atoms with Gasteiger partial charge in [0.2, 0.25) is 0 Å². The summed E-state index contributed by atoms with van der Waals surface area (Å²) in [7, 11) is 1.37. The van der Waals surface area contributed by atoms with E-state index in [2.05, 4.69) is 15.9 Å². The fraction of sp³-hybridized carbons (Fsp3) is 0.417. The second-order valence-corrected chi connectivity index (χ2v) is 4.82. The van der Waals surface area contributed by atoms with Gasteiger partial charge in [-0.05, 0) is 52.4 Å². The smallest absolute Gasteiger partial charge is 0.309 e. The number of carbonyl (C=O) groups is 1. The number of rotatable bonds is 1. The van der Waals surface area contributed by atoms with Crippen LogP contribution in [0.25, 0.3) is 0 Å². The van der Waals surface area contributed by atoms with Gasteiger partial charge in [0.15, 0.2) is 0 Å². The molecule has 4 heteroatoms. The number of fused-ring (bicyclic) bond motifs is 1. The lowest BCUT2D eigenvalue weighted by Gasteiger charge is -2.23. The zero-order valence-corrected chi connectivity index (χ0v) is 10.5.